The first-order valence-corrected chi connectivity index (χ1v) is 11.2. The van der Waals surface area contributed by atoms with Crippen molar-refractivity contribution in [2.75, 3.05) is 26.3 Å². The Hall–Kier alpha value is -2.78. The van der Waals surface area contributed by atoms with Crippen LogP contribution in [-0.2, 0) is 19.7 Å². The number of rotatable bonds is 4. The van der Waals surface area contributed by atoms with E-state index in [9.17, 15) is 19.8 Å². The molecule has 1 spiro atoms. The number of hydrogen-bond donors (Lipinski definition) is 3. The van der Waals surface area contributed by atoms with Gasteiger partial charge in [-0.2, -0.15) is 0 Å². The number of hydrogen-bond acceptors (Lipinski definition) is 6. The maximum atomic E-state index is 12.9. The third-order valence-electron chi connectivity index (χ3n) is 7.06. The zero-order valence-corrected chi connectivity index (χ0v) is 18.7. The topological polar surface area (TPSA) is 108 Å². The minimum absolute atomic E-state index is 0.0920. The number of aliphatic hydroxyl groups is 2. The summed E-state index contributed by atoms with van der Waals surface area (Å²) in [5, 5.41) is 22.2. The number of nitrogens with one attached hydrogen (secondary N) is 1. The number of fused-ring (bicyclic) bond motifs is 3. The van der Waals surface area contributed by atoms with Crippen LogP contribution in [0.25, 0.3) is 11.1 Å². The average molecular weight is 453 g/mol. The fourth-order valence-electron chi connectivity index (χ4n) is 5.34. The van der Waals surface area contributed by atoms with Gasteiger partial charge in [0.05, 0.1) is 32.3 Å². The lowest BCUT2D eigenvalue weighted by molar-refractivity contribution is -0.152. The van der Waals surface area contributed by atoms with Gasteiger partial charge in [0.15, 0.2) is 12.1 Å². The van der Waals surface area contributed by atoms with Gasteiger partial charge in [-0.25, -0.2) is 0 Å². The van der Waals surface area contributed by atoms with Crippen molar-refractivity contribution in [1.82, 2.24) is 10.2 Å². The van der Waals surface area contributed by atoms with Crippen LogP contribution in [0.15, 0.2) is 42.5 Å². The van der Waals surface area contributed by atoms with Gasteiger partial charge < -0.3 is 29.9 Å². The number of aliphatic hydroxyl groups excluding tert-OH is 1. The molecule has 0 bridgehead atoms. The molecule has 2 amide bonds. The first-order chi connectivity index (χ1) is 15.7. The Kier molecular flexibility index (Phi) is 5.29. The highest BCUT2D eigenvalue weighted by molar-refractivity contribution is 5.98. The zero-order chi connectivity index (χ0) is 23.4. The predicted octanol–water partition coefficient (Wildman–Crippen LogP) is 1.38. The Morgan fingerprint density at radius 1 is 1.09 bits per heavy atom. The van der Waals surface area contributed by atoms with Crippen LogP contribution in [0, 0.1) is 0 Å². The van der Waals surface area contributed by atoms with Gasteiger partial charge in [-0.15, -0.1) is 0 Å². The second-order valence-corrected chi connectivity index (χ2v) is 9.43. The molecule has 5 rings (SSSR count). The molecule has 0 radical (unpaired) electrons. The molecule has 2 fully saturated rings. The minimum Gasteiger partial charge on any atom is -0.366 e. The summed E-state index contributed by atoms with van der Waals surface area (Å²) in [5.74, 6) is -1.80. The fraction of sp³-hybridized carbons (Fsp3) is 0.440. The van der Waals surface area contributed by atoms with E-state index in [2.05, 4.69) is 31.3 Å². The van der Waals surface area contributed by atoms with Crippen LogP contribution in [0.2, 0.25) is 0 Å². The normalized spacial score (nSPS) is 22.0. The van der Waals surface area contributed by atoms with Crippen molar-refractivity contribution >= 4 is 11.8 Å². The molecule has 3 aliphatic rings. The molecule has 2 heterocycles. The molecule has 1 atom stereocenters. The van der Waals surface area contributed by atoms with Crippen LogP contribution >= 0.6 is 0 Å². The van der Waals surface area contributed by atoms with E-state index in [4.69, 9.17) is 9.47 Å². The van der Waals surface area contributed by atoms with E-state index in [0.717, 1.165) is 16.7 Å². The fourth-order valence-corrected chi connectivity index (χ4v) is 5.34. The minimum atomic E-state index is -1.73. The smallest absolute Gasteiger partial charge is 0.251 e. The van der Waals surface area contributed by atoms with Crippen molar-refractivity contribution in [2.45, 2.75) is 43.8 Å². The quantitative estimate of drug-likeness (QED) is 0.605. The number of likely N-dealkylation sites (tertiary alicyclic amines) is 1. The van der Waals surface area contributed by atoms with E-state index in [1.165, 1.54) is 10.5 Å². The summed E-state index contributed by atoms with van der Waals surface area (Å²) in [6.45, 7) is 4.95. The Morgan fingerprint density at radius 2 is 1.79 bits per heavy atom. The Balaban J connectivity index is 1.30. The van der Waals surface area contributed by atoms with E-state index in [-0.39, 0.29) is 30.8 Å². The maximum Gasteiger partial charge on any atom is 0.251 e. The number of nitrogens with zero attached hydrogens (tertiary/aromatic N) is 1. The van der Waals surface area contributed by atoms with E-state index in [0.29, 0.717) is 18.8 Å². The molecule has 2 saturated heterocycles. The highest BCUT2D eigenvalue weighted by Gasteiger charge is 2.52. The number of carbonyl (C=O) groups excluding carboxylic acids is 2. The third kappa shape index (κ3) is 3.63. The van der Waals surface area contributed by atoms with Gasteiger partial charge in [-0.3, -0.25) is 9.59 Å². The molecule has 8 heteroatoms. The summed E-state index contributed by atoms with van der Waals surface area (Å²) in [6.07, 6.45) is -1.55. The summed E-state index contributed by atoms with van der Waals surface area (Å²) >= 11 is 0. The molecule has 174 valence electrons. The molecular weight excluding hydrogens is 424 g/mol. The van der Waals surface area contributed by atoms with Crippen LogP contribution in [0.5, 0.6) is 0 Å². The van der Waals surface area contributed by atoms with Crippen molar-refractivity contribution in [3.8, 4) is 11.1 Å². The maximum absolute atomic E-state index is 12.9. The molecule has 2 aromatic rings. The SMILES string of the molecule is CC1(C)c2ccccc2-c2cc(C(=O)NCC(=O)N3CC4(C[C@H]3C(O)O)OCCO4)ccc21. The van der Waals surface area contributed by atoms with Gasteiger partial charge in [0.1, 0.15) is 0 Å². The first kappa shape index (κ1) is 22.0. The van der Waals surface area contributed by atoms with Crippen LogP contribution < -0.4 is 5.32 Å². The van der Waals surface area contributed by atoms with Crippen LogP contribution in [0.4, 0.5) is 0 Å². The first-order valence-electron chi connectivity index (χ1n) is 11.2. The van der Waals surface area contributed by atoms with E-state index in [1.807, 2.05) is 24.3 Å². The average Bonchev–Trinajstić information content (AvgIpc) is 3.49. The van der Waals surface area contributed by atoms with E-state index in [1.54, 1.807) is 6.07 Å². The molecule has 0 aromatic heterocycles. The standard InChI is InChI=1S/C25H28N2O6/c1-24(2)18-6-4-3-5-16(18)17-11-15(7-8-19(17)24)22(29)26-13-21(28)27-14-25(32-9-10-33-25)12-20(27)23(30)31/h3-8,11,20,23,30-31H,9-10,12-14H2,1-2H3,(H,26,29)/t20-/m0/s1. The lowest BCUT2D eigenvalue weighted by Crippen LogP contribution is -2.47. The molecule has 8 nitrogen and oxygen atoms in total. The van der Waals surface area contributed by atoms with Crippen LogP contribution in [0.3, 0.4) is 0 Å². The molecule has 0 unspecified atom stereocenters. The Bertz CT molecular complexity index is 1110. The van der Waals surface area contributed by atoms with Crippen molar-refractivity contribution < 1.29 is 29.3 Å². The second-order valence-electron chi connectivity index (χ2n) is 9.43. The van der Waals surface area contributed by atoms with Gasteiger partial charge >= 0.3 is 0 Å². The molecule has 33 heavy (non-hydrogen) atoms. The van der Waals surface area contributed by atoms with Crippen LogP contribution in [0.1, 0.15) is 41.8 Å². The van der Waals surface area contributed by atoms with Crippen molar-refractivity contribution in [2.24, 2.45) is 0 Å². The largest absolute Gasteiger partial charge is 0.366 e. The molecular formula is C25H28N2O6. The molecule has 1 aliphatic carbocycles. The Labute approximate surface area is 192 Å². The van der Waals surface area contributed by atoms with Gasteiger partial charge in [-0.1, -0.05) is 44.2 Å². The number of benzene rings is 2. The summed E-state index contributed by atoms with van der Waals surface area (Å²) in [5.41, 5.74) is 4.84. The van der Waals surface area contributed by atoms with Gasteiger partial charge in [-0.05, 0) is 34.4 Å². The van der Waals surface area contributed by atoms with Crippen LogP contribution in [-0.4, -0.2) is 71.3 Å². The number of ether oxygens (including phenoxy) is 2. The predicted molar refractivity (Wildman–Crippen MR) is 119 cm³/mol. The monoisotopic (exact) mass is 452 g/mol. The highest BCUT2D eigenvalue weighted by atomic mass is 16.7. The van der Waals surface area contributed by atoms with Gasteiger partial charge in [0.25, 0.3) is 5.91 Å². The molecule has 0 saturated carbocycles. The van der Waals surface area contributed by atoms with Crippen molar-refractivity contribution in [3.05, 3.63) is 59.2 Å². The van der Waals surface area contributed by atoms with E-state index < -0.39 is 24.0 Å². The van der Waals surface area contributed by atoms with Crippen molar-refractivity contribution in [3.63, 3.8) is 0 Å². The van der Waals surface area contributed by atoms with Crippen molar-refractivity contribution in [1.29, 1.82) is 0 Å². The third-order valence-corrected chi connectivity index (χ3v) is 7.06. The summed E-state index contributed by atoms with van der Waals surface area (Å²) in [6, 6.07) is 12.9. The number of amides is 2. The second kappa shape index (κ2) is 7.92. The summed E-state index contributed by atoms with van der Waals surface area (Å²) in [4.78, 5) is 27.0. The molecule has 2 aliphatic heterocycles. The lowest BCUT2D eigenvalue weighted by Gasteiger charge is -2.25. The highest BCUT2D eigenvalue weighted by Crippen LogP contribution is 2.48. The van der Waals surface area contributed by atoms with E-state index >= 15 is 0 Å². The molecule has 2 aromatic carbocycles. The summed E-state index contributed by atoms with van der Waals surface area (Å²) in [7, 11) is 0. The molecule has 3 N–H and O–H groups in total. The summed E-state index contributed by atoms with van der Waals surface area (Å²) < 4.78 is 11.2. The lowest BCUT2D eigenvalue weighted by atomic mass is 9.82. The number of carbonyl (C=O) groups is 2. The zero-order valence-electron chi connectivity index (χ0n) is 18.7. The van der Waals surface area contributed by atoms with Gasteiger partial charge in [0.2, 0.25) is 5.91 Å². The Morgan fingerprint density at radius 3 is 2.52 bits per heavy atom. The van der Waals surface area contributed by atoms with Gasteiger partial charge in [0, 0.05) is 17.4 Å².